The number of hydrogen-bond acceptors (Lipinski definition) is 5. The number of nitrogens with zero attached hydrogens (tertiary/aromatic N) is 1. The van der Waals surface area contributed by atoms with E-state index in [1.807, 2.05) is 37.3 Å². The van der Waals surface area contributed by atoms with Crippen LogP contribution in [0.4, 0.5) is 5.13 Å². The molecular formula is C16H16N2O2S. The van der Waals surface area contributed by atoms with Crippen LogP contribution in [-0.4, -0.2) is 17.2 Å². The van der Waals surface area contributed by atoms with E-state index in [-0.39, 0.29) is 11.8 Å². The SMILES string of the molecule is COc1ccc(O)c(C(C)Nc2nc3ccccc3s2)c1. The normalized spacial score (nSPS) is 12.3. The van der Waals surface area contributed by atoms with E-state index in [9.17, 15) is 5.11 Å². The van der Waals surface area contributed by atoms with Gasteiger partial charge in [-0.2, -0.15) is 0 Å². The number of aromatic hydroxyl groups is 1. The molecular weight excluding hydrogens is 284 g/mol. The molecule has 5 heteroatoms. The molecule has 1 atom stereocenters. The van der Waals surface area contributed by atoms with Crippen LogP contribution in [0.2, 0.25) is 0 Å². The van der Waals surface area contributed by atoms with Gasteiger partial charge in [-0.05, 0) is 37.3 Å². The number of anilines is 1. The lowest BCUT2D eigenvalue weighted by atomic mass is 10.1. The van der Waals surface area contributed by atoms with E-state index >= 15 is 0 Å². The van der Waals surface area contributed by atoms with Gasteiger partial charge in [-0.1, -0.05) is 23.5 Å². The first kappa shape index (κ1) is 13.7. The van der Waals surface area contributed by atoms with Gasteiger partial charge in [0.1, 0.15) is 11.5 Å². The smallest absolute Gasteiger partial charge is 0.184 e. The molecule has 4 nitrogen and oxygen atoms in total. The maximum Gasteiger partial charge on any atom is 0.184 e. The van der Waals surface area contributed by atoms with Gasteiger partial charge in [0, 0.05) is 5.56 Å². The topological polar surface area (TPSA) is 54.4 Å². The van der Waals surface area contributed by atoms with Gasteiger partial charge in [0.2, 0.25) is 0 Å². The Morgan fingerprint density at radius 3 is 2.81 bits per heavy atom. The summed E-state index contributed by atoms with van der Waals surface area (Å²) in [6.07, 6.45) is 0. The van der Waals surface area contributed by atoms with Crippen molar-refractivity contribution in [3.05, 3.63) is 48.0 Å². The number of nitrogens with one attached hydrogen (secondary N) is 1. The number of aromatic nitrogens is 1. The molecule has 3 aromatic rings. The first-order valence-electron chi connectivity index (χ1n) is 6.66. The van der Waals surface area contributed by atoms with E-state index in [2.05, 4.69) is 10.3 Å². The zero-order chi connectivity index (χ0) is 14.8. The number of fused-ring (bicyclic) bond motifs is 1. The van der Waals surface area contributed by atoms with Crippen molar-refractivity contribution in [2.24, 2.45) is 0 Å². The summed E-state index contributed by atoms with van der Waals surface area (Å²) in [5.74, 6) is 0.970. The molecule has 0 radical (unpaired) electrons. The minimum atomic E-state index is -0.0688. The summed E-state index contributed by atoms with van der Waals surface area (Å²) < 4.78 is 6.35. The molecule has 0 aliphatic heterocycles. The van der Waals surface area contributed by atoms with Crippen LogP contribution in [0.3, 0.4) is 0 Å². The number of rotatable bonds is 4. The van der Waals surface area contributed by atoms with Crippen LogP contribution >= 0.6 is 11.3 Å². The third-order valence-corrected chi connectivity index (χ3v) is 4.30. The Kier molecular flexibility index (Phi) is 3.66. The van der Waals surface area contributed by atoms with Crippen LogP contribution in [0.15, 0.2) is 42.5 Å². The molecule has 0 spiro atoms. The van der Waals surface area contributed by atoms with Crippen molar-refractivity contribution in [2.45, 2.75) is 13.0 Å². The van der Waals surface area contributed by atoms with Gasteiger partial charge in [0.15, 0.2) is 5.13 Å². The first-order valence-corrected chi connectivity index (χ1v) is 7.48. The van der Waals surface area contributed by atoms with Gasteiger partial charge < -0.3 is 15.2 Å². The third-order valence-electron chi connectivity index (χ3n) is 3.34. The van der Waals surface area contributed by atoms with Gasteiger partial charge in [0.05, 0.1) is 23.4 Å². The van der Waals surface area contributed by atoms with Crippen LogP contribution in [0, 0.1) is 0 Å². The fraction of sp³-hybridized carbons (Fsp3) is 0.188. The fourth-order valence-corrected chi connectivity index (χ4v) is 3.16. The summed E-state index contributed by atoms with van der Waals surface area (Å²) in [7, 11) is 1.61. The Hall–Kier alpha value is -2.27. The van der Waals surface area contributed by atoms with Crippen LogP contribution in [0.25, 0.3) is 10.2 Å². The molecule has 3 rings (SSSR count). The average Bonchev–Trinajstić information content (AvgIpc) is 2.89. The lowest BCUT2D eigenvalue weighted by Gasteiger charge is -2.15. The summed E-state index contributed by atoms with van der Waals surface area (Å²) in [6.45, 7) is 1.99. The van der Waals surface area contributed by atoms with E-state index in [1.165, 1.54) is 0 Å². The lowest BCUT2D eigenvalue weighted by molar-refractivity contribution is 0.410. The molecule has 0 aliphatic carbocycles. The highest BCUT2D eigenvalue weighted by atomic mass is 32.1. The third kappa shape index (κ3) is 2.78. The summed E-state index contributed by atoms with van der Waals surface area (Å²) >= 11 is 1.60. The van der Waals surface area contributed by atoms with Gasteiger partial charge in [-0.15, -0.1) is 0 Å². The van der Waals surface area contributed by atoms with Gasteiger partial charge in [0.25, 0.3) is 0 Å². The maximum atomic E-state index is 10.0. The Bertz CT molecular complexity index is 737. The zero-order valence-electron chi connectivity index (χ0n) is 11.8. The number of thiazole rings is 1. The summed E-state index contributed by atoms with van der Waals surface area (Å²) in [6, 6.07) is 13.2. The van der Waals surface area contributed by atoms with Gasteiger partial charge in [-0.25, -0.2) is 4.98 Å². The number of methoxy groups -OCH3 is 1. The van der Waals surface area contributed by atoms with Crippen molar-refractivity contribution < 1.29 is 9.84 Å². The van der Waals surface area contributed by atoms with E-state index < -0.39 is 0 Å². The zero-order valence-corrected chi connectivity index (χ0v) is 12.6. The second kappa shape index (κ2) is 5.61. The van der Waals surface area contributed by atoms with Crippen molar-refractivity contribution in [1.29, 1.82) is 0 Å². The molecule has 1 unspecified atom stereocenters. The minimum Gasteiger partial charge on any atom is -0.508 e. The van der Waals surface area contributed by atoms with Crippen LogP contribution < -0.4 is 10.1 Å². The molecule has 2 aromatic carbocycles. The molecule has 108 valence electrons. The molecule has 0 saturated carbocycles. The van der Waals surface area contributed by atoms with Gasteiger partial charge >= 0.3 is 0 Å². The molecule has 0 aliphatic rings. The highest BCUT2D eigenvalue weighted by Gasteiger charge is 2.13. The first-order chi connectivity index (χ1) is 10.2. The Morgan fingerprint density at radius 1 is 1.24 bits per heavy atom. The number of para-hydroxylation sites is 1. The van der Waals surface area contributed by atoms with Crippen LogP contribution in [-0.2, 0) is 0 Å². The molecule has 0 fully saturated rings. The van der Waals surface area contributed by atoms with Crippen molar-refractivity contribution in [3.63, 3.8) is 0 Å². The standard InChI is InChI=1S/C16H16N2O2S/c1-10(12-9-11(20-2)7-8-14(12)19)17-16-18-13-5-3-4-6-15(13)21-16/h3-10,19H,1-2H3,(H,17,18). The van der Waals surface area contributed by atoms with Crippen molar-refractivity contribution >= 4 is 26.7 Å². The second-order valence-corrected chi connectivity index (χ2v) is 5.81. The molecule has 2 N–H and O–H groups in total. The molecule has 21 heavy (non-hydrogen) atoms. The van der Waals surface area contributed by atoms with E-state index in [1.54, 1.807) is 30.6 Å². The number of ether oxygens (including phenoxy) is 1. The van der Waals surface area contributed by atoms with Crippen LogP contribution in [0.5, 0.6) is 11.5 Å². The maximum absolute atomic E-state index is 10.0. The quantitative estimate of drug-likeness (QED) is 0.759. The fourth-order valence-electron chi connectivity index (χ4n) is 2.20. The largest absolute Gasteiger partial charge is 0.508 e. The van der Waals surface area contributed by atoms with Crippen molar-refractivity contribution in [3.8, 4) is 11.5 Å². The lowest BCUT2D eigenvalue weighted by Crippen LogP contribution is -2.06. The van der Waals surface area contributed by atoms with Crippen molar-refractivity contribution in [1.82, 2.24) is 4.98 Å². The summed E-state index contributed by atoms with van der Waals surface area (Å²) in [5, 5.41) is 14.2. The number of hydrogen-bond donors (Lipinski definition) is 2. The van der Waals surface area contributed by atoms with E-state index in [4.69, 9.17) is 4.74 Å². The predicted molar refractivity (Wildman–Crippen MR) is 86.3 cm³/mol. The molecule has 1 heterocycles. The second-order valence-electron chi connectivity index (χ2n) is 4.78. The Labute approximate surface area is 127 Å². The Balaban J connectivity index is 1.87. The Morgan fingerprint density at radius 2 is 2.05 bits per heavy atom. The van der Waals surface area contributed by atoms with Gasteiger partial charge in [-0.3, -0.25) is 0 Å². The van der Waals surface area contributed by atoms with E-state index in [0.717, 1.165) is 26.7 Å². The number of phenolic OH excluding ortho intramolecular Hbond substituents is 1. The monoisotopic (exact) mass is 300 g/mol. The highest BCUT2D eigenvalue weighted by molar-refractivity contribution is 7.22. The van der Waals surface area contributed by atoms with Crippen LogP contribution in [0.1, 0.15) is 18.5 Å². The highest BCUT2D eigenvalue weighted by Crippen LogP contribution is 2.33. The summed E-state index contributed by atoms with van der Waals surface area (Å²) in [5.41, 5.74) is 1.76. The van der Waals surface area contributed by atoms with Crippen molar-refractivity contribution in [2.75, 3.05) is 12.4 Å². The summed E-state index contributed by atoms with van der Waals surface area (Å²) in [4.78, 5) is 4.54. The molecule has 0 saturated heterocycles. The number of benzene rings is 2. The molecule has 0 bridgehead atoms. The predicted octanol–water partition coefficient (Wildman–Crippen LogP) is 4.18. The minimum absolute atomic E-state index is 0.0688. The molecule has 0 amide bonds. The average molecular weight is 300 g/mol. The molecule has 1 aromatic heterocycles. The number of phenols is 1. The van der Waals surface area contributed by atoms with E-state index in [0.29, 0.717) is 0 Å².